The maximum absolute atomic E-state index is 12.4. The average molecular weight is 418 g/mol. The van der Waals surface area contributed by atoms with Crippen LogP contribution in [0.1, 0.15) is 15.9 Å². The van der Waals surface area contributed by atoms with E-state index >= 15 is 0 Å². The normalized spacial score (nSPS) is 11.0. The van der Waals surface area contributed by atoms with E-state index in [1.807, 2.05) is 0 Å². The molecule has 0 saturated heterocycles. The SMILES string of the molecule is O=C(c1ccc(Cl)cc1)c1ccc(OS(=O)(=O)c2ccccc2[N+](=O)[O-])cc1. The van der Waals surface area contributed by atoms with Crippen LogP contribution in [0.5, 0.6) is 5.75 Å². The second-order valence-electron chi connectivity index (χ2n) is 5.62. The molecule has 0 radical (unpaired) electrons. The van der Waals surface area contributed by atoms with Gasteiger partial charge in [-0.05, 0) is 54.6 Å². The van der Waals surface area contributed by atoms with Crippen LogP contribution < -0.4 is 4.18 Å². The van der Waals surface area contributed by atoms with Gasteiger partial charge in [-0.1, -0.05) is 23.7 Å². The molecule has 3 aromatic carbocycles. The van der Waals surface area contributed by atoms with Gasteiger partial charge in [0, 0.05) is 22.2 Å². The fraction of sp³-hybridized carbons (Fsp3) is 0. The number of nitro groups is 1. The number of halogens is 1. The maximum atomic E-state index is 12.4. The standard InChI is InChI=1S/C19H12ClNO6S/c20-15-9-5-13(6-10-15)19(22)14-7-11-16(12-8-14)27-28(25,26)18-4-2-1-3-17(18)21(23)24/h1-12H. The van der Waals surface area contributed by atoms with Crippen molar-refractivity contribution in [1.82, 2.24) is 0 Å². The third-order valence-corrected chi connectivity index (χ3v) is 5.31. The van der Waals surface area contributed by atoms with E-state index < -0.39 is 25.6 Å². The first kappa shape index (κ1) is 19.5. The van der Waals surface area contributed by atoms with Gasteiger partial charge in [-0.2, -0.15) is 8.42 Å². The molecule has 0 fully saturated rings. The van der Waals surface area contributed by atoms with Gasteiger partial charge in [0.05, 0.1) is 4.92 Å². The summed E-state index contributed by atoms with van der Waals surface area (Å²) in [6.07, 6.45) is 0. The molecule has 0 amide bonds. The lowest BCUT2D eigenvalue weighted by molar-refractivity contribution is -0.387. The van der Waals surface area contributed by atoms with E-state index in [1.165, 1.54) is 36.4 Å². The molecule has 0 unspecified atom stereocenters. The molecule has 0 N–H and O–H groups in total. The Balaban J connectivity index is 1.83. The van der Waals surface area contributed by atoms with Crippen LogP contribution in [0.2, 0.25) is 5.02 Å². The summed E-state index contributed by atoms with van der Waals surface area (Å²) in [5.74, 6) is -0.351. The number of carbonyl (C=O) groups excluding carboxylic acids is 1. The molecule has 0 aliphatic heterocycles. The zero-order valence-corrected chi connectivity index (χ0v) is 15.7. The van der Waals surface area contributed by atoms with Crippen molar-refractivity contribution in [1.29, 1.82) is 0 Å². The van der Waals surface area contributed by atoms with E-state index in [2.05, 4.69) is 0 Å². The highest BCUT2D eigenvalue weighted by atomic mass is 35.5. The summed E-state index contributed by atoms with van der Waals surface area (Å²) in [5, 5.41) is 11.5. The fourth-order valence-corrected chi connectivity index (χ4v) is 3.64. The Labute approximate surface area is 165 Å². The minimum atomic E-state index is -4.42. The lowest BCUT2D eigenvalue weighted by atomic mass is 10.0. The summed E-state index contributed by atoms with van der Waals surface area (Å²) >= 11 is 5.80. The minimum absolute atomic E-state index is 0.0780. The molecule has 0 spiro atoms. The van der Waals surface area contributed by atoms with Crippen molar-refractivity contribution in [3.63, 3.8) is 0 Å². The van der Waals surface area contributed by atoms with E-state index in [-0.39, 0.29) is 11.5 Å². The van der Waals surface area contributed by atoms with Crippen molar-refractivity contribution < 1.29 is 22.3 Å². The first-order chi connectivity index (χ1) is 13.3. The molecular formula is C19H12ClNO6S. The average Bonchev–Trinajstić information content (AvgIpc) is 2.68. The first-order valence-electron chi connectivity index (χ1n) is 7.86. The molecular weight excluding hydrogens is 406 g/mol. The lowest BCUT2D eigenvalue weighted by Gasteiger charge is -2.08. The van der Waals surface area contributed by atoms with Crippen molar-refractivity contribution in [3.8, 4) is 5.75 Å². The molecule has 0 aromatic heterocycles. The van der Waals surface area contributed by atoms with E-state index in [9.17, 15) is 23.3 Å². The predicted molar refractivity (Wildman–Crippen MR) is 102 cm³/mol. The minimum Gasteiger partial charge on any atom is -0.379 e. The van der Waals surface area contributed by atoms with Gasteiger partial charge in [0.25, 0.3) is 5.69 Å². The molecule has 0 bridgehead atoms. The molecule has 3 rings (SSSR count). The zero-order valence-electron chi connectivity index (χ0n) is 14.1. The van der Waals surface area contributed by atoms with Crippen LogP contribution in [-0.2, 0) is 10.1 Å². The number of nitro benzene ring substituents is 1. The number of ketones is 1. The third kappa shape index (κ3) is 4.19. The van der Waals surface area contributed by atoms with E-state index in [1.54, 1.807) is 24.3 Å². The number of carbonyl (C=O) groups is 1. The van der Waals surface area contributed by atoms with Crippen molar-refractivity contribution >= 4 is 33.2 Å². The Hall–Kier alpha value is -3.23. The van der Waals surface area contributed by atoms with Gasteiger partial charge in [0.1, 0.15) is 5.75 Å². The molecule has 7 nitrogen and oxygen atoms in total. The third-order valence-electron chi connectivity index (χ3n) is 3.76. The summed E-state index contributed by atoms with van der Waals surface area (Å²) in [6, 6.07) is 16.6. The summed E-state index contributed by atoms with van der Waals surface area (Å²) in [6.45, 7) is 0. The van der Waals surface area contributed by atoms with Crippen LogP contribution in [0.3, 0.4) is 0 Å². The Morgan fingerprint density at radius 1 is 0.893 bits per heavy atom. The molecule has 0 aliphatic carbocycles. The monoisotopic (exact) mass is 417 g/mol. The number of hydrogen-bond acceptors (Lipinski definition) is 6. The molecule has 0 aliphatic rings. The lowest BCUT2D eigenvalue weighted by Crippen LogP contribution is -2.12. The number of nitrogens with zero attached hydrogens (tertiary/aromatic N) is 1. The van der Waals surface area contributed by atoms with Crippen LogP contribution >= 0.6 is 11.6 Å². The summed E-state index contributed by atoms with van der Waals surface area (Å²) in [7, 11) is -4.42. The number of rotatable bonds is 6. The maximum Gasteiger partial charge on any atom is 0.346 e. The van der Waals surface area contributed by atoms with Gasteiger partial charge >= 0.3 is 10.1 Å². The van der Waals surface area contributed by atoms with Crippen LogP contribution in [0.15, 0.2) is 77.7 Å². The van der Waals surface area contributed by atoms with Gasteiger partial charge in [0.2, 0.25) is 0 Å². The topological polar surface area (TPSA) is 104 Å². The van der Waals surface area contributed by atoms with Crippen LogP contribution in [-0.4, -0.2) is 19.1 Å². The molecule has 9 heteroatoms. The molecule has 3 aromatic rings. The second kappa shape index (κ2) is 7.79. The molecule has 0 heterocycles. The Morgan fingerprint density at radius 2 is 1.43 bits per heavy atom. The largest absolute Gasteiger partial charge is 0.379 e. The second-order valence-corrected chi connectivity index (χ2v) is 7.57. The van der Waals surface area contributed by atoms with Gasteiger partial charge in [-0.3, -0.25) is 14.9 Å². The van der Waals surface area contributed by atoms with Gasteiger partial charge in [-0.25, -0.2) is 0 Å². The van der Waals surface area contributed by atoms with Crippen LogP contribution in [0.4, 0.5) is 5.69 Å². The van der Waals surface area contributed by atoms with Gasteiger partial charge in [0.15, 0.2) is 10.7 Å². The quantitative estimate of drug-likeness (QED) is 0.257. The number of hydrogen-bond donors (Lipinski definition) is 0. The Morgan fingerprint density at radius 3 is 2.00 bits per heavy atom. The van der Waals surface area contributed by atoms with E-state index in [0.29, 0.717) is 16.1 Å². The Bertz CT molecular complexity index is 1140. The first-order valence-corrected chi connectivity index (χ1v) is 9.65. The van der Waals surface area contributed by atoms with Crippen molar-refractivity contribution in [3.05, 3.63) is 99.1 Å². The predicted octanol–water partition coefficient (Wildman–Crippen LogP) is 4.25. The highest BCUT2D eigenvalue weighted by molar-refractivity contribution is 7.87. The smallest absolute Gasteiger partial charge is 0.346 e. The van der Waals surface area contributed by atoms with E-state index in [0.717, 1.165) is 12.1 Å². The fourth-order valence-electron chi connectivity index (χ4n) is 2.42. The van der Waals surface area contributed by atoms with Crippen LogP contribution in [0.25, 0.3) is 0 Å². The summed E-state index contributed by atoms with van der Waals surface area (Å²) < 4.78 is 29.8. The van der Waals surface area contributed by atoms with Crippen LogP contribution in [0, 0.1) is 10.1 Å². The van der Waals surface area contributed by atoms with Crippen molar-refractivity contribution in [2.45, 2.75) is 4.90 Å². The van der Waals surface area contributed by atoms with Crippen molar-refractivity contribution in [2.24, 2.45) is 0 Å². The summed E-state index contributed by atoms with van der Waals surface area (Å²) in [5.41, 5.74) is 0.153. The molecule has 0 saturated carbocycles. The zero-order chi connectivity index (χ0) is 20.3. The molecule has 28 heavy (non-hydrogen) atoms. The molecule has 0 atom stereocenters. The highest BCUT2D eigenvalue weighted by Gasteiger charge is 2.27. The van der Waals surface area contributed by atoms with E-state index in [4.69, 9.17) is 15.8 Å². The summed E-state index contributed by atoms with van der Waals surface area (Å²) in [4.78, 5) is 22.1. The van der Waals surface area contributed by atoms with Gasteiger partial charge < -0.3 is 4.18 Å². The van der Waals surface area contributed by atoms with Crippen molar-refractivity contribution in [2.75, 3.05) is 0 Å². The molecule has 142 valence electrons. The van der Waals surface area contributed by atoms with Gasteiger partial charge in [-0.15, -0.1) is 0 Å². The number of para-hydroxylation sites is 1. The highest BCUT2D eigenvalue weighted by Crippen LogP contribution is 2.27. The Kier molecular flexibility index (Phi) is 5.43. The number of benzene rings is 3.